The van der Waals surface area contributed by atoms with Crippen molar-refractivity contribution in [1.82, 2.24) is 9.97 Å². The van der Waals surface area contributed by atoms with Crippen molar-refractivity contribution in [1.29, 1.82) is 0 Å². The molecule has 1 aliphatic heterocycles. The lowest BCUT2D eigenvalue weighted by atomic mass is 10.2. The molecule has 22 heavy (non-hydrogen) atoms. The quantitative estimate of drug-likeness (QED) is 0.875. The van der Waals surface area contributed by atoms with Crippen molar-refractivity contribution in [3.8, 4) is 0 Å². The highest BCUT2D eigenvalue weighted by atomic mass is 79.9. The fourth-order valence-corrected chi connectivity index (χ4v) is 3.40. The van der Waals surface area contributed by atoms with Crippen molar-refractivity contribution in [3.63, 3.8) is 0 Å². The smallest absolute Gasteiger partial charge is 0.137 e. The number of halogens is 2. The van der Waals surface area contributed by atoms with Gasteiger partial charge in [-0.1, -0.05) is 6.07 Å². The lowest BCUT2D eigenvalue weighted by Crippen LogP contribution is -2.33. The van der Waals surface area contributed by atoms with Gasteiger partial charge in [0.2, 0.25) is 0 Å². The Balaban J connectivity index is 1.66. The topological polar surface area (TPSA) is 41.0 Å². The van der Waals surface area contributed by atoms with Crippen LogP contribution >= 0.6 is 27.7 Å². The number of nitrogens with zero attached hydrogens (tertiary/aromatic N) is 3. The monoisotopic (exact) mass is 382 g/mol. The van der Waals surface area contributed by atoms with E-state index in [0.29, 0.717) is 11.0 Å². The van der Waals surface area contributed by atoms with E-state index >= 15 is 0 Å². The van der Waals surface area contributed by atoms with Crippen LogP contribution in [0.15, 0.2) is 35.1 Å². The second-order valence-corrected chi connectivity index (χ2v) is 7.04. The zero-order valence-corrected chi connectivity index (χ0v) is 14.3. The van der Waals surface area contributed by atoms with Crippen LogP contribution in [-0.2, 0) is 6.54 Å². The molecule has 2 heterocycles. The molecule has 2 aromatic rings. The number of hydrogen-bond donors (Lipinski definition) is 1. The van der Waals surface area contributed by atoms with Gasteiger partial charge in [-0.05, 0) is 33.6 Å². The lowest BCUT2D eigenvalue weighted by molar-refractivity contribution is 0.619. The number of benzene rings is 1. The molecule has 1 aliphatic rings. The number of aromatic nitrogens is 2. The number of rotatable bonds is 4. The zero-order chi connectivity index (χ0) is 15.4. The number of thioether (sulfide) groups is 1. The first-order chi connectivity index (χ1) is 10.7. The van der Waals surface area contributed by atoms with E-state index in [0.717, 1.165) is 41.8 Å². The van der Waals surface area contributed by atoms with Gasteiger partial charge < -0.3 is 10.2 Å². The zero-order valence-electron chi connectivity index (χ0n) is 11.9. The summed E-state index contributed by atoms with van der Waals surface area (Å²) in [5.41, 5.74) is 0.871. The van der Waals surface area contributed by atoms with Crippen molar-refractivity contribution >= 4 is 39.3 Å². The fraction of sp³-hybridized carbons (Fsp3) is 0.333. The highest BCUT2D eigenvalue weighted by Gasteiger charge is 2.12. The van der Waals surface area contributed by atoms with E-state index in [2.05, 4.69) is 36.1 Å². The Hall–Kier alpha value is -1.34. The molecule has 1 aromatic heterocycles. The minimum atomic E-state index is -0.256. The molecule has 7 heteroatoms. The van der Waals surface area contributed by atoms with Crippen LogP contribution in [0.3, 0.4) is 0 Å². The van der Waals surface area contributed by atoms with Crippen molar-refractivity contribution < 1.29 is 4.39 Å². The van der Waals surface area contributed by atoms with Crippen molar-refractivity contribution in [2.75, 3.05) is 34.8 Å². The molecule has 0 spiro atoms. The summed E-state index contributed by atoms with van der Waals surface area (Å²) in [4.78, 5) is 10.8. The molecule has 116 valence electrons. The van der Waals surface area contributed by atoms with Crippen molar-refractivity contribution in [2.45, 2.75) is 6.54 Å². The predicted molar refractivity (Wildman–Crippen MR) is 93.0 cm³/mol. The molecular weight excluding hydrogens is 367 g/mol. The van der Waals surface area contributed by atoms with Crippen LogP contribution in [0, 0.1) is 5.82 Å². The highest BCUT2D eigenvalue weighted by Crippen LogP contribution is 2.20. The van der Waals surface area contributed by atoms with Crippen molar-refractivity contribution in [3.05, 3.63) is 46.4 Å². The fourth-order valence-electron chi connectivity index (χ4n) is 2.25. The first kappa shape index (κ1) is 15.6. The van der Waals surface area contributed by atoms with Gasteiger partial charge in [0.05, 0.1) is 4.47 Å². The first-order valence-corrected chi connectivity index (χ1v) is 9.00. The average Bonchev–Trinajstić information content (AvgIpc) is 2.57. The lowest BCUT2D eigenvalue weighted by Gasteiger charge is -2.27. The normalized spacial score (nSPS) is 14.9. The number of anilines is 2. The summed E-state index contributed by atoms with van der Waals surface area (Å²) >= 11 is 5.12. The summed E-state index contributed by atoms with van der Waals surface area (Å²) in [6, 6.07) is 7.06. The summed E-state index contributed by atoms with van der Waals surface area (Å²) in [5.74, 6) is 3.70. The van der Waals surface area contributed by atoms with Gasteiger partial charge in [0.15, 0.2) is 0 Å². The van der Waals surface area contributed by atoms with Crippen molar-refractivity contribution in [2.24, 2.45) is 0 Å². The van der Waals surface area contributed by atoms with E-state index in [1.54, 1.807) is 12.4 Å². The van der Waals surface area contributed by atoms with Gasteiger partial charge >= 0.3 is 0 Å². The molecule has 0 atom stereocenters. The van der Waals surface area contributed by atoms with Gasteiger partial charge in [-0.2, -0.15) is 11.8 Å². The third kappa shape index (κ3) is 3.89. The number of hydrogen-bond acceptors (Lipinski definition) is 5. The molecule has 0 saturated carbocycles. The largest absolute Gasteiger partial charge is 0.366 e. The van der Waals surface area contributed by atoms with Crippen LogP contribution in [0.4, 0.5) is 16.0 Å². The minimum Gasteiger partial charge on any atom is -0.366 e. The molecule has 0 unspecified atom stereocenters. The van der Waals surface area contributed by atoms with Crippen LogP contribution in [0.2, 0.25) is 0 Å². The third-order valence-corrected chi connectivity index (χ3v) is 5.03. The van der Waals surface area contributed by atoms with E-state index in [-0.39, 0.29) is 5.82 Å². The Morgan fingerprint density at radius 3 is 2.82 bits per heavy atom. The molecule has 4 nitrogen and oxygen atoms in total. The Morgan fingerprint density at radius 1 is 1.23 bits per heavy atom. The van der Waals surface area contributed by atoms with E-state index < -0.39 is 0 Å². The summed E-state index contributed by atoms with van der Waals surface area (Å²) < 4.78 is 14.0. The Kier molecular flexibility index (Phi) is 5.15. The Bertz CT molecular complexity index is 649. The predicted octanol–water partition coefficient (Wildman–Crippen LogP) is 3.54. The maximum absolute atomic E-state index is 13.5. The molecule has 1 saturated heterocycles. The maximum Gasteiger partial charge on any atom is 0.137 e. The van der Waals surface area contributed by atoms with Gasteiger partial charge in [-0.15, -0.1) is 0 Å². The molecule has 0 amide bonds. The second kappa shape index (κ2) is 7.28. The van der Waals surface area contributed by atoms with Crippen LogP contribution in [0.25, 0.3) is 0 Å². The molecule has 1 aromatic carbocycles. The van der Waals surface area contributed by atoms with Crippen LogP contribution < -0.4 is 10.2 Å². The summed E-state index contributed by atoms with van der Waals surface area (Å²) in [6.45, 7) is 2.55. The van der Waals surface area contributed by atoms with Gasteiger partial charge in [-0.25, -0.2) is 14.4 Å². The van der Waals surface area contributed by atoms with Gasteiger partial charge in [0.1, 0.15) is 23.8 Å². The van der Waals surface area contributed by atoms with Crippen LogP contribution in [-0.4, -0.2) is 34.6 Å². The van der Waals surface area contributed by atoms with E-state index in [1.165, 1.54) is 6.07 Å². The summed E-state index contributed by atoms with van der Waals surface area (Å²) in [6.07, 6.45) is 1.57. The minimum absolute atomic E-state index is 0.256. The van der Waals surface area contributed by atoms with E-state index in [9.17, 15) is 4.39 Å². The third-order valence-electron chi connectivity index (χ3n) is 3.45. The van der Waals surface area contributed by atoms with Crippen LogP contribution in [0.1, 0.15) is 5.56 Å². The van der Waals surface area contributed by atoms with Crippen LogP contribution in [0.5, 0.6) is 0 Å². The average molecular weight is 383 g/mol. The van der Waals surface area contributed by atoms with E-state index in [1.807, 2.05) is 23.9 Å². The second-order valence-electron chi connectivity index (χ2n) is 4.96. The molecule has 1 fully saturated rings. The molecular formula is C15H16BrFN4S. The highest BCUT2D eigenvalue weighted by molar-refractivity contribution is 9.10. The molecule has 0 bridgehead atoms. The number of nitrogens with one attached hydrogen (secondary N) is 1. The van der Waals surface area contributed by atoms with E-state index in [4.69, 9.17) is 0 Å². The molecule has 0 aliphatic carbocycles. The first-order valence-electron chi connectivity index (χ1n) is 7.05. The van der Waals surface area contributed by atoms with Gasteiger partial charge in [0.25, 0.3) is 0 Å². The molecule has 3 rings (SSSR count). The molecule has 0 radical (unpaired) electrons. The molecule has 1 N–H and O–H groups in total. The Morgan fingerprint density at radius 2 is 2.05 bits per heavy atom. The van der Waals surface area contributed by atoms with Gasteiger partial charge in [-0.3, -0.25) is 0 Å². The standard InChI is InChI=1S/C15H16BrFN4S/c16-12-2-1-11(7-13(12)17)9-18-14-8-15(20-10-19-14)21-3-5-22-6-4-21/h1-2,7-8,10H,3-6,9H2,(H,18,19,20). The van der Waals surface area contributed by atoms with Gasteiger partial charge in [0, 0.05) is 37.2 Å². The maximum atomic E-state index is 13.5. The summed E-state index contributed by atoms with van der Waals surface area (Å²) in [7, 11) is 0. The SMILES string of the molecule is Fc1cc(CNc2cc(N3CCSCC3)ncn2)ccc1Br. The summed E-state index contributed by atoms with van der Waals surface area (Å²) in [5, 5.41) is 3.22. The Labute approximate surface area is 141 Å².